The minimum absolute atomic E-state index is 0.148. The molecule has 0 spiro atoms. The van der Waals surface area contributed by atoms with Crippen LogP contribution >= 0.6 is 0 Å². The summed E-state index contributed by atoms with van der Waals surface area (Å²) in [6.07, 6.45) is 2.31. The van der Waals surface area contributed by atoms with E-state index in [-0.39, 0.29) is 11.9 Å². The van der Waals surface area contributed by atoms with Crippen molar-refractivity contribution in [1.29, 1.82) is 0 Å². The second kappa shape index (κ2) is 6.01. The summed E-state index contributed by atoms with van der Waals surface area (Å²) in [7, 11) is 0. The zero-order valence-electron chi connectivity index (χ0n) is 11.1. The Morgan fingerprint density at radius 2 is 2.05 bits per heavy atom. The molecule has 1 unspecified atom stereocenters. The molecule has 4 heteroatoms. The number of ether oxygens (including phenoxy) is 1. The number of hydrogen-bond donors (Lipinski definition) is 1. The van der Waals surface area contributed by atoms with Crippen molar-refractivity contribution in [2.75, 3.05) is 13.1 Å². The van der Waals surface area contributed by atoms with Gasteiger partial charge in [-0.1, -0.05) is 30.3 Å². The highest BCUT2D eigenvalue weighted by Crippen LogP contribution is 2.32. The zero-order valence-corrected chi connectivity index (χ0v) is 11.1. The maximum absolute atomic E-state index is 13.7. The Morgan fingerprint density at radius 1 is 1.20 bits per heavy atom. The van der Waals surface area contributed by atoms with Crippen LogP contribution in [0.25, 0.3) is 0 Å². The van der Waals surface area contributed by atoms with Gasteiger partial charge in [0.25, 0.3) is 5.95 Å². The maximum Gasteiger partial charge on any atom is 0.255 e. The first-order valence-electron chi connectivity index (χ1n) is 6.87. The minimum Gasteiger partial charge on any atom is -0.481 e. The maximum atomic E-state index is 13.7. The highest BCUT2D eigenvalue weighted by atomic mass is 19.1. The predicted octanol–water partition coefficient (Wildman–Crippen LogP) is 2.95. The SMILES string of the molecule is Fc1ncccc1O[C@@H](c1ccccc1)C1CCNC1. The van der Waals surface area contributed by atoms with E-state index in [0.717, 1.165) is 25.1 Å². The average molecular weight is 272 g/mol. The van der Waals surface area contributed by atoms with Crippen LogP contribution in [0.15, 0.2) is 48.7 Å². The fourth-order valence-electron chi connectivity index (χ4n) is 2.61. The quantitative estimate of drug-likeness (QED) is 0.869. The van der Waals surface area contributed by atoms with Gasteiger partial charge in [0.15, 0.2) is 5.75 Å². The molecule has 3 rings (SSSR count). The smallest absolute Gasteiger partial charge is 0.255 e. The summed E-state index contributed by atoms with van der Waals surface area (Å²) >= 11 is 0. The largest absolute Gasteiger partial charge is 0.481 e. The topological polar surface area (TPSA) is 34.1 Å². The zero-order chi connectivity index (χ0) is 13.8. The number of aromatic nitrogens is 1. The molecule has 2 heterocycles. The van der Waals surface area contributed by atoms with Gasteiger partial charge in [0.2, 0.25) is 0 Å². The van der Waals surface area contributed by atoms with Crippen molar-refractivity contribution in [3.05, 3.63) is 60.2 Å². The van der Waals surface area contributed by atoms with Crippen LogP contribution in [0.1, 0.15) is 18.1 Å². The van der Waals surface area contributed by atoms with Crippen LogP contribution in [0.5, 0.6) is 5.75 Å². The van der Waals surface area contributed by atoms with Gasteiger partial charge in [-0.3, -0.25) is 0 Å². The lowest BCUT2D eigenvalue weighted by Crippen LogP contribution is -2.21. The van der Waals surface area contributed by atoms with Crippen molar-refractivity contribution in [2.45, 2.75) is 12.5 Å². The van der Waals surface area contributed by atoms with Crippen LogP contribution in [0.4, 0.5) is 4.39 Å². The van der Waals surface area contributed by atoms with E-state index in [1.807, 2.05) is 30.3 Å². The van der Waals surface area contributed by atoms with Gasteiger partial charge in [0.1, 0.15) is 6.10 Å². The van der Waals surface area contributed by atoms with Crippen LogP contribution in [0.2, 0.25) is 0 Å². The van der Waals surface area contributed by atoms with E-state index in [9.17, 15) is 4.39 Å². The van der Waals surface area contributed by atoms with E-state index in [2.05, 4.69) is 10.3 Å². The second-order valence-electron chi connectivity index (χ2n) is 4.99. The van der Waals surface area contributed by atoms with Gasteiger partial charge in [0, 0.05) is 18.7 Å². The van der Waals surface area contributed by atoms with Crippen LogP contribution in [-0.2, 0) is 0 Å². The monoisotopic (exact) mass is 272 g/mol. The molecule has 0 radical (unpaired) electrons. The standard InChI is InChI=1S/C16H17FN2O/c17-16-14(7-4-9-19-16)20-15(13-8-10-18-11-13)12-5-2-1-3-6-12/h1-7,9,13,15,18H,8,10-11H2/t13?,15-/m0/s1. The van der Waals surface area contributed by atoms with Gasteiger partial charge in [0.05, 0.1) is 0 Å². The highest BCUT2D eigenvalue weighted by molar-refractivity contribution is 5.24. The summed E-state index contributed by atoms with van der Waals surface area (Å²) < 4.78 is 19.6. The van der Waals surface area contributed by atoms with Crippen LogP contribution in [0.3, 0.4) is 0 Å². The van der Waals surface area contributed by atoms with E-state index in [1.54, 1.807) is 12.1 Å². The van der Waals surface area contributed by atoms with Gasteiger partial charge in [-0.15, -0.1) is 0 Å². The van der Waals surface area contributed by atoms with Crippen molar-refractivity contribution in [2.24, 2.45) is 5.92 Å². The average Bonchev–Trinajstić information content (AvgIpc) is 3.01. The fraction of sp³-hybridized carbons (Fsp3) is 0.312. The first kappa shape index (κ1) is 13.1. The molecule has 1 aliphatic rings. The molecule has 0 bridgehead atoms. The number of halogens is 1. The lowest BCUT2D eigenvalue weighted by atomic mass is 9.95. The second-order valence-corrected chi connectivity index (χ2v) is 4.99. The van der Waals surface area contributed by atoms with Gasteiger partial charge in [-0.05, 0) is 30.7 Å². The number of nitrogens with one attached hydrogen (secondary N) is 1. The molecule has 104 valence electrons. The molecule has 0 amide bonds. The number of rotatable bonds is 4. The fourth-order valence-corrected chi connectivity index (χ4v) is 2.61. The summed E-state index contributed by atoms with van der Waals surface area (Å²) in [6.45, 7) is 1.87. The molecule has 1 fully saturated rings. The van der Waals surface area contributed by atoms with Crippen LogP contribution < -0.4 is 10.1 Å². The van der Waals surface area contributed by atoms with Gasteiger partial charge < -0.3 is 10.1 Å². The molecular formula is C16H17FN2O. The van der Waals surface area contributed by atoms with Crippen molar-refractivity contribution in [1.82, 2.24) is 10.3 Å². The third kappa shape index (κ3) is 2.80. The molecule has 0 saturated carbocycles. The van der Waals surface area contributed by atoms with Gasteiger partial charge in [-0.2, -0.15) is 4.39 Å². The number of nitrogens with zero attached hydrogens (tertiary/aromatic N) is 1. The summed E-state index contributed by atoms with van der Waals surface area (Å²) in [5.41, 5.74) is 1.07. The molecule has 3 nitrogen and oxygen atoms in total. The minimum atomic E-state index is -0.556. The Bertz CT molecular complexity index is 555. The Hall–Kier alpha value is -1.94. The van der Waals surface area contributed by atoms with Gasteiger partial charge in [-0.25, -0.2) is 4.98 Å². The molecule has 2 aromatic rings. The summed E-state index contributed by atoms with van der Waals surface area (Å²) in [4.78, 5) is 3.65. The summed E-state index contributed by atoms with van der Waals surface area (Å²) in [5.74, 6) is 0.00430. The lowest BCUT2D eigenvalue weighted by molar-refractivity contribution is 0.136. The van der Waals surface area contributed by atoms with Crippen molar-refractivity contribution < 1.29 is 9.13 Å². The van der Waals surface area contributed by atoms with Gasteiger partial charge >= 0.3 is 0 Å². The third-order valence-corrected chi connectivity index (χ3v) is 3.63. The summed E-state index contributed by atoms with van der Waals surface area (Å²) in [5, 5.41) is 3.33. The highest BCUT2D eigenvalue weighted by Gasteiger charge is 2.28. The van der Waals surface area contributed by atoms with Crippen LogP contribution in [-0.4, -0.2) is 18.1 Å². The van der Waals surface area contributed by atoms with Crippen LogP contribution in [0, 0.1) is 11.9 Å². The molecule has 20 heavy (non-hydrogen) atoms. The van der Waals surface area contributed by atoms with E-state index in [4.69, 9.17) is 4.74 Å². The van der Waals surface area contributed by atoms with Crippen molar-refractivity contribution in [3.8, 4) is 5.75 Å². The first-order chi connectivity index (χ1) is 9.84. The van der Waals surface area contributed by atoms with E-state index >= 15 is 0 Å². The molecule has 1 aromatic carbocycles. The predicted molar refractivity (Wildman–Crippen MR) is 75.0 cm³/mol. The van der Waals surface area contributed by atoms with E-state index in [0.29, 0.717) is 5.92 Å². The van der Waals surface area contributed by atoms with Crippen molar-refractivity contribution >= 4 is 0 Å². The normalized spacial score (nSPS) is 19.8. The molecule has 1 aromatic heterocycles. The molecular weight excluding hydrogens is 255 g/mol. The van der Waals surface area contributed by atoms with E-state index in [1.165, 1.54) is 6.20 Å². The van der Waals surface area contributed by atoms with E-state index < -0.39 is 5.95 Å². The summed E-state index contributed by atoms with van der Waals surface area (Å²) in [6, 6.07) is 13.3. The first-order valence-corrected chi connectivity index (χ1v) is 6.87. The Morgan fingerprint density at radius 3 is 2.75 bits per heavy atom. The Kier molecular flexibility index (Phi) is 3.92. The lowest BCUT2D eigenvalue weighted by Gasteiger charge is -2.24. The Balaban J connectivity index is 1.88. The molecule has 0 aliphatic carbocycles. The molecule has 1 saturated heterocycles. The molecule has 1 aliphatic heterocycles. The van der Waals surface area contributed by atoms with Crippen molar-refractivity contribution in [3.63, 3.8) is 0 Å². The molecule has 1 N–H and O–H groups in total. The number of pyridine rings is 1. The molecule has 2 atom stereocenters. The third-order valence-electron chi connectivity index (χ3n) is 3.63. The Labute approximate surface area is 117 Å². The number of benzene rings is 1. The number of hydrogen-bond acceptors (Lipinski definition) is 3.